The average Bonchev–Trinajstić information content (AvgIpc) is 0.785. The first-order valence-electron chi connectivity index (χ1n) is 33.3. The van der Waals surface area contributed by atoms with Crippen LogP contribution in [0.1, 0.15) is 223 Å². The topological polar surface area (TPSA) is 195 Å². The van der Waals surface area contributed by atoms with Gasteiger partial charge in [0.25, 0.3) is 0 Å². The molecule has 0 saturated carbocycles. The molecule has 4 aromatic rings. The van der Waals surface area contributed by atoms with E-state index in [1.165, 1.54) is 14.2 Å². The van der Waals surface area contributed by atoms with Gasteiger partial charge >= 0.3 is 35.8 Å². The molecule has 8 bridgehead atoms. The highest BCUT2D eigenvalue weighted by Gasteiger charge is 2.26. The molecule has 0 fully saturated rings. The van der Waals surface area contributed by atoms with Crippen molar-refractivity contribution in [3.8, 4) is 23.0 Å². The van der Waals surface area contributed by atoms with E-state index in [0.29, 0.717) is 71.7 Å². The summed E-state index contributed by atoms with van der Waals surface area (Å²) in [4.78, 5) is 76.6. The zero-order chi connectivity index (χ0) is 66.3. The van der Waals surface area contributed by atoms with Crippen molar-refractivity contribution in [1.29, 1.82) is 0 Å². The SMILES string of the molecule is C=CC(=O)OCc1cc2c(OCCCCCCC)c(c1)Cc1cc(COC(=O)/C=C\C(=O)OC)cc(c1OCCCCCCC)Cc1cc(COC(=O)/C=C\C(=O)OC)cc(c1OCCCCCCC)Cc1cc(COC(=O)C=C)cc(c1OCCCCCCC)C2. The molecule has 0 radical (unpaired) electrons. The molecular weight excluding hydrogens is 1170 g/mol. The summed E-state index contributed by atoms with van der Waals surface area (Å²) in [7, 11) is 2.45. The monoisotopic (exact) mass is 1270 g/mol. The van der Waals surface area contributed by atoms with Gasteiger partial charge in [-0.3, -0.25) is 0 Å². The summed E-state index contributed by atoms with van der Waals surface area (Å²) in [6.45, 7) is 17.1. The summed E-state index contributed by atoms with van der Waals surface area (Å²) in [5.74, 6) is -1.60. The van der Waals surface area contributed by atoms with Crippen LogP contribution in [0, 0.1) is 0 Å². The molecule has 5 rings (SSSR count). The standard InChI is InChI=1S/C76H100O16/c1-9-15-19-23-27-35-85-73-59-39-55(51-89-67(77)13-5)41-61(73)48-63-43-57(53-91-71(81)33-31-69(79)83-7)45-65(75(63)87-37-29-25-21-17-11-3)50-66-46-58(54-92-72(82)34-32-70(80)84-8)44-64(76(66)88-38-30-26-22-18-12-4)49-62-42-56(52-90-68(78)14-6)40-60(47-59)74(62)86-36-28-24-20-16-10-2/h13-14,31-34,39-46H,5-6,9-12,15-30,35-38,47-54H2,1-4,7-8H3/b33-31-,34-32-. The number of unbranched alkanes of at least 4 members (excludes halogenated alkanes) is 16. The van der Waals surface area contributed by atoms with Crippen molar-refractivity contribution in [2.75, 3.05) is 40.6 Å². The number of ether oxygens (including phenoxy) is 10. The lowest BCUT2D eigenvalue weighted by atomic mass is 9.88. The van der Waals surface area contributed by atoms with Gasteiger partial charge in [-0.05, 0) is 141 Å². The van der Waals surface area contributed by atoms with Gasteiger partial charge in [0.05, 0.1) is 40.6 Å². The fraction of sp³-hybridized carbons (Fsp3) is 0.500. The first-order valence-corrected chi connectivity index (χ1v) is 33.3. The molecule has 4 aromatic carbocycles. The molecule has 1 aliphatic rings. The molecule has 0 N–H and O–H groups in total. The molecule has 1 aliphatic carbocycles. The first-order chi connectivity index (χ1) is 44.8. The Bertz CT molecular complexity index is 2890. The zero-order valence-corrected chi connectivity index (χ0v) is 55.7. The molecular formula is C76H100O16. The highest BCUT2D eigenvalue weighted by molar-refractivity contribution is 5.92. The lowest BCUT2D eigenvalue weighted by Gasteiger charge is -2.25. The van der Waals surface area contributed by atoms with Crippen LogP contribution >= 0.6 is 0 Å². The van der Waals surface area contributed by atoms with Crippen LogP contribution in [0.5, 0.6) is 23.0 Å². The molecule has 0 aliphatic heterocycles. The molecule has 0 heterocycles. The largest absolute Gasteiger partial charge is 0.493 e. The Balaban J connectivity index is 1.96. The van der Waals surface area contributed by atoms with Crippen molar-refractivity contribution in [3.63, 3.8) is 0 Å². The first kappa shape index (κ1) is 74.6. The van der Waals surface area contributed by atoms with Crippen molar-refractivity contribution in [2.24, 2.45) is 0 Å². The summed E-state index contributed by atoms with van der Waals surface area (Å²) in [5, 5.41) is 0. The summed E-state index contributed by atoms with van der Waals surface area (Å²) >= 11 is 0. The smallest absolute Gasteiger partial charge is 0.331 e. The zero-order valence-electron chi connectivity index (χ0n) is 55.7. The molecule has 0 atom stereocenters. The minimum Gasteiger partial charge on any atom is -0.493 e. The van der Waals surface area contributed by atoms with Crippen molar-refractivity contribution >= 4 is 35.8 Å². The minimum absolute atomic E-state index is 0.0806. The number of carbonyl (C=O) groups is 6. The summed E-state index contributed by atoms with van der Waals surface area (Å²) in [6, 6.07) is 15.9. The fourth-order valence-corrected chi connectivity index (χ4v) is 11.0. The van der Waals surface area contributed by atoms with Gasteiger partial charge in [-0.1, -0.05) is 144 Å². The minimum atomic E-state index is -0.755. The van der Waals surface area contributed by atoms with Gasteiger partial charge in [0.1, 0.15) is 49.4 Å². The average molecular weight is 1270 g/mol. The number of carbonyl (C=O) groups excluding carboxylic acids is 6. The van der Waals surface area contributed by atoms with Gasteiger partial charge in [-0.2, -0.15) is 0 Å². The third-order valence-corrected chi connectivity index (χ3v) is 15.7. The van der Waals surface area contributed by atoms with Crippen LogP contribution in [0.25, 0.3) is 0 Å². The van der Waals surface area contributed by atoms with E-state index >= 15 is 0 Å². The summed E-state index contributed by atoms with van der Waals surface area (Å²) in [5.41, 5.74) is 8.73. The van der Waals surface area contributed by atoms with Crippen LogP contribution in [-0.4, -0.2) is 76.5 Å². The Hall–Kier alpha value is -8.14. The maximum Gasteiger partial charge on any atom is 0.331 e. The molecule has 16 heteroatoms. The van der Waals surface area contributed by atoms with Crippen LogP contribution in [0.15, 0.2) is 98.1 Å². The number of rotatable bonds is 42. The highest BCUT2D eigenvalue weighted by Crippen LogP contribution is 2.42. The number of esters is 6. The Labute approximate surface area is 546 Å². The normalized spacial score (nSPS) is 11.8. The number of hydrogen-bond acceptors (Lipinski definition) is 16. The second kappa shape index (κ2) is 42.8. The van der Waals surface area contributed by atoms with E-state index in [4.69, 9.17) is 47.4 Å². The highest BCUT2D eigenvalue weighted by atomic mass is 16.6. The molecule has 0 spiro atoms. The lowest BCUT2D eigenvalue weighted by molar-refractivity contribution is -0.140. The summed E-state index contributed by atoms with van der Waals surface area (Å²) < 4.78 is 61.2. The quantitative estimate of drug-likeness (QED) is 0.0155. The van der Waals surface area contributed by atoms with Crippen molar-refractivity contribution in [3.05, 3.63) is 165 Å². The molecule has 16 nitrogen and oxygen atoms in total. The van der Waals surface area contributed by atoms with Gasteiger partial charge < -0.3 is 47.4 Å². The molecule has 0 saturated heterocycles. The second-order valence-electron chi connectivity index (χ2n) is 23.3. The van der Waals surface area contributed by atoms with E-state index in [0.717, 1.165) is 209 Å². The van der Waals surface area contributed by atoms with Crippen molar-refractivity contribution in [2.45, 2.75) is 208 Å². The Kier molecular flexibility index (Phi) is 34.7. The van der Waals surface area contributed by atoms with E-state index < -0.39 is 35.8 Å². The maximum atomic E-state index is 13.3. The van der Waals surface area contributed by atoms with Crippen molar-refractivity contribution in [1.82, 2.24) is 0 Å². The molecule has 92 heavy (non-hydrogen) atoms. The molecule has 0 amide bonds. The lowest BCUT2D eigenvalue weighted by Crippen LogP contribution is -2.13. The molecule has 0 aromatic heterocycles. The number of methoxy groups -OCH3 is 2. The predicted molar refractivity (Wildman–Crippen MR) is 356 cm³/mol. The Morgan fingerprint density at radius 3 is 0.728 bits per heavy atom. The fourth-order valence-electron chi connectivity index (χ4n) is 11.0. The third-order valence-electron chi connectivity index (χ3n) is 15.7. The predicted octanol–water partition coefficient (Wildman–Crippen LogP) is 15.8. The van der Waals surface area contributed by atoms with Crippen LogP contribution in [0.4, 0.5) is 0 Å². The van der Waals surface area contributed by atoms with E-state index in [-0.39, 0.29) is 52.1 Å². The maximum absolute atomic E-state index is 13.3. The van der Waals surface area contributed by atoms with Gasteiger partial charge in [0.15, 0.2) is 0 Å². The number of benzene rings is 4. The van der Waals surface area contributed by atoms with Gasteiger partial charge in [-0.25, -0.2) is 28.8 Å². The van der Waals surface area contributed by atoms with Crippen LogP contribution in [0.2, 0.25) is 0 Å². The Morgan fingerprint density at radius 1 is 0.315 bits per heavy atom. The second-order valence-corrected chi connectivity index (χ2v) is 23.3. The van der Waals surface area contributed by atoms with E-state index in [1.54, 1.807) is 0 Å². The van der Waals surface area contributed by atoms with Crippen LogP contribution in [0.3, 0.4) is 0 Å². The molecule has 0 unspecified atom stereocenters. The van der Waals surface area contributed by atoms with E-state index in [1.807, 2.05) is 48.5 Å². The van der Waals surface area contributed by atoms with E-state index in [2.05, 4.69) is 40.9 Å². The van der Waals surface area contributed by atoms with Crippen molar-refractivity contribution < 1.29 is 76.1 Å². The van der Waals surface area contributed by atoms with E-state index in [9.17, 15) is 28.8 Å². The number of hydrogen-bond donors (Lipinski definition) is 0. The Morgan fingerprint density at radius 2 is 0.522 bits per heavy atom. The summed E-state index contributed by atoms with van der Waals surface area (Å²) in [6.07, 6.45) is 27.2. The third kappa shape index (κ3) is 26.6. The van der Waals surface area contributed by atoms with Gasteiger partial charge in [0.2, 0.25) is 0 Å². The van der Waals surface area contributed by atoms with Gasteiger partial charge in [-0.15, -0.1) is 0 Å². The number of fused-ring (bicyclic) bond motifs is 8. The molecule has 500 valence electrons. The van der Waals surface area contributed by atoms with Crippen LogP contribution < -0.4 is 18.9 Å². The van der Waals surface area contributed by atoms with Gasteiger partial charge in [0, 0.05) is 62.1 Å². The van der Waals surface area contributed by atoms with Crippen LogP contribution in [-0.2, 0) is 109 Å².